The lowest BCUT2D eigenvalue weighted by Gasteiger charge is -2.29. The number of carbonyl (C=O) groups excluding carboxylic acids is 6. The van der Waals surface area contributed by atoms with Crippen LogP contribution in [0, 0.1) is 101 Å². The molecular formula is C112H131Cl4N9O10. The summed E-state index contributed by atoms with van der Waals surface area (Å²) in [5, 5.41) is 6.57. The maximum atomic E-state index is 13.2. The number of imide groups is 1. The van der Waals surface area contributed by atoms with Gasteiger partial charge < -0.3 is 37.2 Å². The normalized spacial score (nSPS) is 13.4. The fourth-order valence-corrected chi connectivity index (χ4v) is 18.6. The molecule has 19 nitrogen and oxygen atoms in total. The van der Waals surface area contributed by atoms with Crippen LogP contribution in [0.15, 0.2) is 121 Å². The Kier molecular flexibility index (Phi) is 32.0. The van der Waals surface area contributed by atoms with Gasteiger partial charge in [0.15, 0.2) is 23.1 Å². The molecule has 0 spiro atoms. The molecule has 4 atom stereocenters. The second-order valence-corrected chi connectivity index (χ2v) is 42.0. The molecule has 1 aliphatic rings. The van der Waals surface area contributed by atoms with Gasteiger partial charge >= 0.3 is 0 Å². The summed E-state index contributed by atoms with van der Waals surface area (Å²) in [5.74, 6) is 2.40. The lowest BCUT2D eigenvalue weighted by Crippen LogP contribution is -2.32. The first-order valence-electron chi connectivity index (χ1n) is 46.1. The Morgan fingerprint density at radius 1 is 0.370 bits per heavy atom. The van der Waals surface area contributed by atoms with E-state index in [4.69, 9.17) is 91.7 Å². The minimum Gasteiger partial charge on any atom is -0.360 e. The maximum absolute atomic E-state index is 13.2. The Morgan fingerprint density at radius 3 is 0.889 bits per heavy atom. The minimum atomic E-state index is -0.845. The highest BCUT2D eigenvalue weighted by Gasteiger charge is 2.41. The number of benzene rings is 5. The first-order valence-corrected chi connectivity index (χ1v) is 47.6. The molecule has 0 aliphatic carbocycles. The molecule has 5 aromatic carbocycles. The number of aromatic nitrogens is 8. The third-order valence-corrected chi connectivity index (χ3v) is 25.7. The predicted molar refractivity (Wildman–Crippen MR) is 550 cm³/mol. The van der Waals surface area contributed by atoms with Crippen molar-refractivity contribution >= 4 is 125 Å². The largest absolute Gasteiger partial charge is 0.360 e. The third-order valence-electron chi connectivity index (χ3n) is 24.7. The summed E-state index contributed by atoms with van der Waals surface area (Å²) in [7, 11) is 0. The number of fused-ring (bicyclic) bond motifs is 5. The second-order valence-electron chi connectivity index (χ2n) is 40.2. The zero-order valence-corrected chi connectivity index (χ0v) is 87.6. The van der Waals surface area contributed by atoms with Gasteiger partial charge in [-0.05, 0) is 325 Å². The van der Waals surface area contributed by atoms with Crippen LogP contribution < -0.4 is 0 Å². The van der Waals surface area contributed by atoms with Gasteiger partial charge in [0.1, 0.15) is 53.7 Å². The van der Waals surface area contributed by atoms with Crippen LogP contribution >= 0.6 is 46.4 Å². The van der Waals surface area contributed by atoms with Crippen molar-refractivity contribution in [3.8, 4) is 56.9 Å². The third kappa shape index (κ3) is 22.4. The van der Waals surface area contributed by atoms with Gasteiger partial charge in [0.2, 0.25) is 0 Å². The Bertz CT molecular complexity index is 6780. The highest BCUT2D eigenvalue weighted by atomic mass is 35.5. The van der Waals surface area contributed by atoms with E-state index in [2.05, 4.69) is 77.4 Å². The number of ketones is 4. The number of hydrogen-bond acceptors (Lipinski definition) is 14. The van der Waals surface area contributed by atoms with Crippen molar-refractivity contribution in [1.29, 1.82) is 0 Å². The average molecular weight is 1910 g/mol. The number of halogens is 4. The van der Waals surface area contributed by atoms with Gasteiger partial charge in [-0.2, -0.15) is 0 Å². The number of ether oxygens (including phenoxy) is 4. The van der Waals surface area contributed by atoms with Gasteiger partial charge in [-0.25, -0.2) is 19.9 Å². The number of amides is 2. The van der Waals surface area contributed by atoms with Crippen molar-refractivity contribution < 1.29 is 47.7 Å². The molecule has 0 radical (unpaired) electrons. The maximum Gasteiger partial charge on any atom is 0.263 e. The Morgan fingerprint density at radius 2 is 0.622 bits per heavy atom. The molecule has 9 heterocycles. The summed E-state index contributed by atoms with van der Waals surface area (Å²) >= 11 is 24.8. The van der Waals surface area contributed by atoms with E-state index in [1.807, 2.05) is 238 Å². The van der Waals surface area contributed by atoms with E-state index in [1.54, 1.807) is 45.0 Å². The van der Waals surface area contributed by atoms with Crippen molar-refractivity contribution in [3.05, 3.63) is 243 Å². The molecule has 14 rings (SSSR count). The molecule has 135 heavy (non-hydrogen) atoms. The molecule has 2 amide bonds. The summed E-state index contributed by atoms with van der Waals surface area (Å²) in [5.41, 5.74) is 24.6. The summed E-state index contributed by atoms with van der Waals surface area (Å²) < 4.78 is 33.8. The number of nitrogens with zero attached hydrogens (tertiary/aromatic N) is 9. The van der Waals surface area contributed by atoms with E-state index in [0.717, 1.165) is 152 Å². The van der Waals surface area contributed by atoms with E-state index in [9.17, 15) is 28.8 Å². The molecule has 0 N–H and O–H groups in total. The number of hydrogen-bond donors (Lipinski definition) is 0. The molecular weight excluding hydrogens is 1770 g/mol. The van der Waals surface area contributed by atoms with E-state index < -0.39 is 46.8 Å². The lowest BCUT2D eigenvalue weighted by molar-refractivity contribution is -0.139. The van der Waals surface area contributed by atoms with Crippen LogP contribution in [0.4, 0.5) is 0 Å². The van der Waals surface area contributed by atoms with Gasteiger partial charge in [-0.1, -0.05) is 127 Å². The number of pyridine rings is 4. The Labute approximate surface area is 816 Å². The fourth-order valence-electron chi connectivity index (χ4n) is 18.1. The summed E-state index contributed by atoms with van der Waals surface area (Å²) in [6.07, 6.45) is 3.73. The van der Waals surface area contributed by atoms with Gasteiger partial charge in [-0.15, -0.1) is 6.42 Å². The number of terminal acetylenes is 1. The van der Waals surface area contributed by atoms with Crippen LogP contribution in [0.3, 0.4) is 0 Å². The highest BCUT2D eigenvalue weighted by Crippen LogP contribution is 2.49. The number of aryl methyl sites for hydroxylation is 9. The zero-order chi connectivity index (χ0) is 100. The standard InChI is InChI=1S/C32H32ClN3O4.C28H37ClN2O2.C26H33ClN2O2.C26H29ClN2O2/c1-17-19(3)35(16-36-30(38)23-10-8-9-11-24(23)31(36)39)29-25(17)27(21-12-14-22(33)15-13-21)26(18(2)34-29)28(20(4)37)40-32(5,6)7;1-16(2)14-15-31-19(5)17(3)23-25(21-10-12-22(29)13-11-21)24(18(4)30-27(23)31)26(20(6)32)33-28(7,8)9;1-14(2)29-17(5)15(3)21-23(19-10-12-20(27)13-11-19)22(16(4)28-25(21)29)24(18(6)30)31-26(7,8)9;1-9-14-29-17(4)15(2)21-23(19-10-12-20(27)13-11-19)22(16(3)28-25(21)29)24(18(5)30)31-26(6,7)8/h8-15,28H,16H2,1-7H3;10-13,16,26H,14-15H2,1-9H3;10-14,24H,1-9H3;1,10-13,24H,14H2,2-8H3. The van der Waals surface area contributed by atoms with Crippen LogP contribution in [-0.2, 0) is 57.9 Å². The average Bonchev–Trinajstić information content (AvgIpc) is 1.59. The SMILES string of the molecule is C#CCn1c(C)c(C)c2c(-c3ccc(Cl)cc3)c(C(OC(C)(C)C)C(C)=O)c(C)nc21.CC(=O)C(OC(C)(C)C)c1c(C)nc2c(c(C)c(C)n2C(C)C)c1-c1ccc(Cl)cc1.CC(=O)C(OC(C)(C)C)c1c(C)nc2c(c(C)c(C)n2CCC(C)C)c1-c1ccc(Cl)cc1.CC(=O)C(OC(C)(C)C)c1c(C)nc2c(c(C)c(C)n2CN2C(=O)c3ccccc3C2=O)c1-c1ccc(Cl)cc1. The van der Waals surface area contributed by atoms with Crippen LogP contribution in [0.5, 0.6) is 0 Å². The Balaban J connectivity index is 0.000000174. The summed E-state index contributed by atoms with van der Waals surface area (Å²) in [6.45, 7) is 64.2. The first-order chi connectivity index (χ1) is 62.9. The molecule has 1 aliphatic heterocycles. The van der Waals surface area contributed by atoms with Crippen LogP contribution in [-0.4, -0.2) is 100 Å². The molecule has 0 fully saturated rings. The monoisotopic (exact) mass is 1900 g/mol. The van der Waals surface area contributed by atoms with Crippen molar-refractivity contribution in [3.63, 3.8) is 0 Å². The quantitative estimate of drug-likeness (QED) is 0.0430. The highest BCUT2D eigenvalue weighted by molar-refractivity contribution is 6.32. The van der Waals surface area contributed by atoms with Crippen LogP contribution in [0.2, 0.25) is 20.1 Å². The van der Waals surface area contributed by atoms with Crippen molar-refractivity contribution in [2.45, 2.75) is 301 Å². The molecule has 0 saturated heterocycles. The van der Waals surface area contributed by atoms with Gasteiger partial charge in [0.25, 0.3) is 11.8 Å². The van der Waals surface area contributed by atoms with Crippen LogP contribution in [0.25, 0.3) is 88.6 Å². The molecule has 4 unspecified atom stereocenters. The smallest absolute Gasteiger partial charge is 0.263 e. The topological polar surface area (TPSA) is 214 Å². The Hall–Kier alpha value is -10.8. The van der Waals surface area contributed by atoms with Crippen LogP contribution in [0.1, 0.15) is 286 Å². The van der Waals surface area contributed by atoms with E-state index in [1.165, 1.54) is 34.3 Å². The van der Waals surface area contributed by atoms with Gasteiger partial charge in [0, 0.05) is 144 Å². The molecule has 712 valence electrons. The van der Waals surface area contributed by atoms with Gasteiger partial charge in [0.05, 0.1) is 40.1 Å². The van der Waals surface area contributed by atoms with Gasteiger partial charge in [-0.3, -0.25) is 33.7 Å². The summed E-state index contributed by atoms with van der Waals surface area (Å²) in [4.78, 5) is 99.3. The molecule has 23 heteroatoms. The fraction of sp³-hybridized carbons (Fsp3) is 0.411. The molecule has 0 bridgehead atoms. The van der Waals surface area contributed by atoms with E-state index in [-0.39, 0.29) is 47.7 Å². The summed E-state index contributed by atoms with van der Waals surface area (Å²) in [6, 6.07) is 37.9. The predicted octanol–water partition coefficient (Wildman–Crippen LogP) is 28.4. The number of Topliss-reactive ketones (excluding diaryl/α,β-unsaturated/α-hetero) is 4. The van der Waals surface area contributed by atoms with Crippen molar-refractivity contribution in [2.24, 2.45) is 5.92 Å². The number of carbonyl (C=O) groups is 6. The zero-order valence-electron chi connectivity index (χ0n) is 84.5. The van der Waals surface area contributed by atoms with Crippen molar-refractivity contribution in [2.75, 3.05) is 0 Å². The van der Waals surface area contributed by atoms with E-state index >= 15 is 0 Å². The first kappa shape index (κ1) is 105. The second kappa shape index (κ2) is 41.3. The molecule has 8 aromatic heterocycles. The number of rotatable bonds is 23. The lowest BCUT2D eigenvalue weighted by atomic mass is 9.90. The minimum absolute atomic E-state index is 0.0169. The molecule has 13 aromatic rings. The molecule has 0 saturated carbocycles. The van der Waals surface area contributed by atoms with Crippen molar-refractivity contribution in [1.82, 2.24) is 43.1 Å². The van der Waals surface area contributed by atoms with E-state index in [0.29, 0.717) is 60.6 Å².